The summed E-state index contributed by atoms with van der Waals surface area (Å²) in [6, 6.07) is 6.29. The molecular formula is C12H10BrFN2O. The standard InChI is InChI=1S/C12H10BrFN2O/c1-7-2-3-10(14)11(4-7)17-12-9(13)5-8(15)6-16-12/h2-6H,15H2,1H3. The van der Waals surface area contributed by atoms with E-state index in [-0.39, 0.29) is 11.6 Å². The Labute approximate surface area is 107 Å². The van der Waals surface area contributed by atoms with Gasteiger partial charge in [0.2, 0.25) is 5.88 Å². The third-order valence-electron chi connectivity index (χ3n) is 2.12. The van der Waals surface area contributed by atoms with E-state index in [9.17, 15) is 4.39 Å². The normalized spacial score (nSPS) is 10.3. The van der Waals surface area contributed by atoms with Crippen molar-refractivity contribution in [3.8, 4) is 11.6 Å². The van der Waals surface area contributed by atoms with Crippen molar-refractivity contribution < 1.29 is 9.13 Å². The van der Waals surface area contributed by atoms with Crippen molar-refractivity contribution in [3.05, 3.63) is 46.3 Å². The highest BCUT2D eigenvalue weighted by atomic mass is 79.9. The van der Waals surface area contributed by atoms with Crippen molar-refractivity contribution >= 4 is 21.6 Å². The van der Waals surface area contributed by atoms with Gasteiger partial charge in [-0.25, -0.2) is 9.37 Å². The van der Waals surface area contributed by atoms with Gasteiger partial charge in [-0.05, 0) is 46.6 Å². The summed E-state index contributed by atoms with van der Waals surface area (Å²) >= 11 is 3.26. The molecule has 2 N–H and O–H groups in total. The minimum atomic E-state index is -0.430. The van der Waals surface area contributed by atoms with Crippen LogP contribution in [0.2, 0.25) is 0 Å². The second-order valence-electron chi connectivity index (χ2n) is 3.59. The lowest BCUT2D eigenvalue weighted by Gasteiger charge is -2.08. The largest absolute Gasteiger partial charge is 0.435 e. The summed E-state index contributed by atoms with van der Waals surface area (Å²) in [6.07, 6.45) is 1.45. The molecule has 0 radical (unpaired) electrons. The molecule has 5 heteroatoms. The molecule has 1 heterocycles. The fourth-order valence-electron chi connectivity index (χ4n) is 1.31. The van der Waals surface area contributed by atoms with Crippen LogP contribution in [0.15, 0.2) is 34.9 Å². The summed E-state index contributed by atoms with van der Waals surface area (Å²) in [6.45, 7) is 1.86. The van der Waals surface area contributed by atoms with E-state index in [1.54, 1.807) is 18.2 Å². The first-order valence-corrected chi connectivity index (χ1v) is 5.70. The molecule has 2 rings (SSSR count). The molecule has 0 bridgehead atoms. The number of anilines is 1. The number of nitrogens with zero attached hydrogens (tertiary/aromatic N) is 1. The molecule has 88 valence electrons. The maximum atomic E-state index is 13.5. The number of benzene rings is 1. The van der Waals surface area contributed by atoms with Gasteiger partial charge in [-0.2, -0.15) is 0 Å². The van der Waals surface area contributed by atoms with Gasteiger partial charge in [0.25, 0.3) is 0 Å². The number of ether oxygens (including phenoxy) is 1. The Morgan fingerprint density at radius 1 is 1.35 bits per heavy atom. The lowest BCUT2D eigenvalue weighted by Crippen LogP contribution is -1.94. The maximum Gasteiger partial charge on any atom is 0.233 e. The van der Waals surface area contributed by atoms with Gasteiger partial charge in [-0.15, -0.1) is 0 Å². The number of aromatic nitrogens is 1. The average Bonchev–Trinajstić information content (AvgIpc) is 2.27. The molecule has 2 aromatic rings. The highest BCUT2D eigenvalue weighted by Gasteiger charge is 2.09. The zero-order valence-corrected chi connectivity index (χ0v) is 10.7. The third-order valence-corrected chi connectivity index (χ3v) is 2.69. The molecule has 0 aliphatic carbocycles. The van der Waals surface area contributed by atoms with Crippen LogP contribution in [0, 0.1) is 12.7 Å². The maximum absolute atomic E-state index is 13.5. The predicted octanol–water partition coefficient (Wildman–Crippen LogP) is 3.67. The molecular weight excluding hydrogens is 287 g/mol. The first-order chi connectivity index (χ1) is 8.06. The van der Waals surface area contributed by atoms with E-state index in [2.05, 4.69) is 20.9 Å². The molecule has 0 spiro atoms. The molecule has 3 nitrogen and oxygen atoms in total. The van der Waals surface area contributed by atoms with Crippen LogP contribution in [0.5, 0.6) is 11.6 Å². The Hall–Kier alpha value is -1.62. The van der Waals surface area contributed by atoms with E-state index in [4.69, 9.17) is 10.5 Å². The average molecular weight is 297 g/mol. The van der Waals surface area contributed by atoms with Crippen LogP contribution in [0.25, 0.3) is 0 Å². The SMILES string of the molecule is Cc1ccc(F)c(Oc2ncc(N)cc2Br)c1. The first-order valence-electron chi connectivity index (χ1n) is 4.91. The molecule has 17 heavy (non-hydrogen) atoms. The number of rotatable bonds is 2. The lowest BCUT2D eigenvalue weighted by molar-refractivity contribution is 0.424. The molecule has 0 saturated heterocycles. The Balaban J connectivity index is 2.34. The number of hydrogen-bond donors (Lipinski definition) is 1. The molecule has 0 unspecified atom stereocenters. The van der Waals surface area contributed by atoms with E-state index in [1.807, 2.05) is 6.92 Å². The monoisotopic (exact) mass is 296 g/mol. The fraction of sp³-hybridized carbons (Fsp3) is 0.0833. The van der Waals surface area contributed by atoms with Crippen molar-refractivity contribution in [2.75, 3.05) is 5.73 Å². The van der Waals surface area contributed by atoms with Crippen LogP contribution < -0.4 is 10.5 Å². The first kappa shape index (κ1) is 11.9. The molecule has 1 aromatic heterocycles. The highest BCUT2D eigenvalue weighted by Crippen LogP contribution is 2.30. The zero-order valence-electron chi connectivity index (χ0n) is 9.08. The van der Waals surface area contributed by atoms with Gasteiger partial charge in [-0.3, -0.25) is 0 Å². The van der Waals surface area contributed by atoms with Gasteiger partial charge in [0.15, 0.2) is 11.6 Å². The third kappa shape index (κ3) is 2.74. The van der Waals surface area contributed by atoms with Crippen molar-refractivity contribution in [1.82, 2.24) is 4.98 Å². The smallest absolute Gasteiger partial charge is 0.233 e. The van der Waals surface area contributed by atoms with Crippen molar-refractivity contribution in [2.45, 2.75) is 6.92 Å². The van der Waals surface area contributed by atoms with Gasteiger partial charge >= 0.3 is 0 Å². The van der Waals surface area contributed by atoms with Crippen LogP contribution in [-0.4, -0.2) is 4.98 Å². The van der Waals surface area contributed by atoms with Gasteiger partial charge in [-0.1, -0.05) is 6.07 Å². The van der Waals surface area contributed by atoms with Crippen molar-refractivity contribution in [1.29, 1.82) is 0 Å². The molecule has 0 aliphatic heterocycles. The van der Waals surface area contributed by atoms with Gasteiger partial charge in [0, 0.05) is 0 Å². The van der Waals surface area contributed by atoms with E-state index in [0.717, 1.165) is 5.56 Å². The van der Waals surface area contributed by atoms with Gasteiger partial charge < -0.3 is 10.5 Å². The fourth-order valence-corrected chi connectivity index (χ4v) is 1.76. The second kappa shape index (κ2) is 4.71. The minimum absolute atomic E-state index is 0.142. The van der Waals surface area contributed by atoms with E-state index in [0.29, 0.717) is 10.2 Å². The van der Waals surface area contributed by atoms with Crippen molar-refractivity contribution in [3.63, 3.8) is 0 Å². The number of nitrogens with two attached hydrogens (primary N) is 1. The number of nitrogen functional groups attached to an aromatic ring is 1. The summed E-state index contributed by atoms with van der Waals surface area (Å²) in [7, 11) is 0. The van der Waals surface area contributed by atoms with Gasteiger partial charge in [0.05, 0.1) is 16.4 Å². The van der Waals surface area contributed by atoms with E-state index in [1.165, 1.54) is 12.3 Å². The number of pyridine rings is 1. The Morgan fingerprint density at radius 3 is 2.82 bits per heavy atom. The molecule has 0 aliphatic rings. The second-order valence-corrected chi connectivity index (χ2v) is 4.45. The molecule has 0 amide bonds. The van der Waals surface area contributed by atoms with Crippen LogP contribution in [0.4, 0.5) is 10.1 Å². The van der Waals surface area contributed by atoms with Crippen LogP contribution >= 0.6 is 15.9 Å². The number of hydrogen-bond acceptors (Lipinski definition) is 3. The quantitative estimate of drug-likeness (QED) is 0.920. The van der Waals surface area contributed by atoms with E-state index >= 15 is 0 Å². The van der Waals surface area contributed by atoms with Crippen molar-refractivity contribution in [2.24, 2.45) is 0 Å². The molecule has 0 atom stereocenters. The topological polar surface area (TPSA) is 48.1 Å². The number of aryl methyl sites for hydroxylation is 1. The summed E-state index contributed by atoms with van der Waals surface area (Å²) in [5.74, 6) is -0.00667. The Bertz CT molecular complexity index is 560. The minimum Gasteiger partial charge on any atom is -0.435 e. The highest BCUT2D eigenvalue weighted by molar-refractivity contribution is 9.10. The summed E-state index contributed by atoms with van der Waals surface area (Å²) in [5, 5.41) is 0. The van der Waals surface area contributed by atoms with Gasteiger partial charge in [0.1, 0.15) is 0 Å². The molecule has 0 fully saturated rings. The summed E-state index contributed by atoms with van der Waals surface area (Å²) < 4.78 is 19.4. The van der Waals surface area contributed by atoms with Crippen LogP contribution in [0.1, 0.15) is 5.56 Å². The zero-order chi connectivity index (χ0) is 12.4. The van der Waals surface area contributed by atoms with E-state index < -0.39 is 5.82 Å². The molecule has 0 saturated carbocycles. The Kier molecular flexibility index (Phi) is 3.28. The summed E-state index contributed by atoms with van der Waals surface area (Å²) in [4.78, 5) is 3.98. The lowest BCUT2D eigenvalue weighted by atomic mass is 10.2. The predicted molar refractivity (Wildman–Crippen MR) is 67.6 cm³/mol. The number of halogens is 2. The molecule has 1 aromatic carbocycles. The van der Waals surface area contributed by atoms with Crippen LogP contribution in [-0.2, 0) is 0 Å². The summed E-state index contributed by atoms with van der Waals surface area (Å²) in [5.41, 5.74) is 6.97. The van der Waals surface area contributed by atoms with Crippen LogP contribution in [0.3, 0.4) is 0 Å². The Morgan fingerprint density at radius 2 is 2.12 bits per heavy atom.